The van der Waals surface area contributed by atoms with Gasteiger partial charge in [0, 0.05) is 19.6 Å². The van der Waals surface area contributed by atoms with E-state index in [1.807, 2.05) is 24.3 Å². The summed E-state index contributed by atoms with van der Waals surface area (Å²) in [5.74, 6) is -0.0669. The molecule has 1 amide bonds. The van der Waals surface area contributed by atoms with Gasteiger partial charge in [0.2, 0.25) is 5.91 Å². The van der Waals surface area contributed by atoms with Crippen LogP contribution in [0.3, 0.4) is 0 Å². The minimum atomic E-state index is -0.831. The normalized spacial score (nSPS) is 30.2. The number of amides is 1. The van der Waals surface area contributed by atoms with E-state index in [0.717, 1.165) is 18.5 Å². The number of carbonyl (C=O) groups excluding carboxylic acids is 1. The summed E-state index contributed by atoms with van der Waals surface area (Å²) in [5.41, 5.74) is 2.20. The zero-order valence-corrected chi connectivity index (χ0v) is 10.6. The maximum Gasteiger partial charge on any atom is 0.244 e. The molecule has 0 spiro atoms. The number of likely N-dealkylation sites (tertiary alicyclic amines) is 1. The van der Waals surface area contributed by atoms with Gasteiger partial charge in [-0.15, -0.1) is 0 Å². The topological polar surface area (TPSA) is 72.8 Å². The number of rotatable bonds is 1. The molecule has 3 rings (SSSR count). The number of nitrogens with one attached hydrogen (secondary N) is 1. The Kier molecular flexibility index (Phi) is 3.26. The van der Waals surface area contributed by atoms with Crippen LogP contribution >= 0.6 is 0 Å². The summed E-state index contributed by atoms with van der Waals surface area (Å²) < 4.78 is 0. The second kappa shape index (κ2) is 4.92. The summed E-state index contributed by atoms with van der Waals surface area (Å²) in [4.78, 5) is 14.0. The molecule has 1 aromatic carbocycles. The molecule has 3 N–H and O–H groups in total. The first-order valence-corrected chi connectivity index (χ1v) is 6.63. The number of benzene rings is 1. The van der Waals surface area contributed by atoms with Crippen molar-refractivity contribution >= 4 is 5.91 Å². The number of carbonyl (C=O) groups is 1. The van der Waals surface area contributed by atoms with Crippen molar-refractivity contribution in [1.29, 1.82) is 0 Å². The lowest BCUT2D eigenvalue weighted by Crippen LogP contribution is -2.43. The number of aliphatic hydroxyl groups is 2. The van der Waals surface area contributed by atoms with E-state index in [1.54, 1.807) is 0 Å². The molecule has 2 aliphatic rings. The third-order valence-electron chi connectivity index (χ3n) is 3.93. The van der Waals surface area contributed by atoms with Crippen molar-refractivity contribution in [1.82, 2.24) is 10.2 Å². The Balaban J connectivity index is 1.82. The van der Waals surface area contributed by atoms with Crippen LogP contribution in [-0.2, 0) is 11.2 Å². The van der Waals surface area contributed by atoms with E-state index in [9.17, 15) is 15.0 Å². The van der Waals surface area contributed by atoms with Gasteiger partial charge in [0.15, 0.2) is 0 Å². The minimum Gasteiger partial charge on any atom is -0.388 e. The molecule has 0 aliphatic carbocycles. The van der Waals surface area contributed by atoms with E-state index in [0.29, 0.717) is 0 Å². The average molecular weight is 262 g/mol. The zero-order chi connectivity index (χ0) is 13.4. The lowest BCUT2D eigenvalue weighted by molar-refractivity contribution is -0.133. The second-order valence-corrected chi connectivity index (χ2v) is 5.21. The molecule has 0 bridgehead atoms. The molecule has 1 aromatic rings. The Morgan fingerprint density at radius 2 is 1.89 bits per heavy atom. The van der Waals surface area contributed by atoms with Crippen molar-refractivity contribution in [3.63, 3.8) is 0 Å². The van der Waals surface area contributed by atoms with Crippen LogP contribution in [0.5, 0.6) is 0 Å². The molecular formula is C14H18N2O3. The van der Waals surface area contributed by atoms with E-state index in [-0.39, 0.29) is 25.0 Å². The smallest absolute Gasteiger partial charge is 0.244 e. The number of hydrogen-bond donors (Lipinski definition) is 3. The van der Waals surface area contributed by atoms with E-state index in [4.69, 9.17) is 0 Å². The summed E-state index contributed by atoms with van der Waals surface area (Å²) >= 11 is 0. The van der Waals surface area contributed by atoms with Gasteiger partial charge in [-0.2, -0.15) is 0 Å². The first-order chi connectivity index (χ1) is 9.16. The number of aliphatic hydroxyl groups excluding tert-OH is 2. The van der Waals surface area contributed by atoms with Gasteiger partial charge in [-0.1, -0.05) is 24.3 Å². The van der Waals surface area contributed by atoms with Crippen molar-refractivity contribution < 1.29 is 15.0 Å². The van der Waals surface area contributed by atoms with E-state index >= 15 is 0 Å². The molecule has 5 heteroatoms. The van der Waals surface area contributed by atoms with Gasteiger partial charge in [-0.25, -0.2) is 0 Å². The molecule has 3 atom stereocenters. The van der Waals surface area contributed by atoms with Gasteiger partial charge in [-0.3, -0.25) is 4.79 Å². The van der Waals surface area contributed by atoms with E-state index < -0.39 is 12.2 Å². The third kappa shape index (κ3) is 2.25. The molecule has 0 saturated carbocycles. The van der Waals surface area contributed by atoms with Gasteiger partial charge in [-0.05, 0) is 17.5 Å². The summed E-state index contributed by atoms with van der Waals surface area (Å²) in [6.07, 6.45) is -0.740. The Morgan fingerprint density at radius 3 is 2.63 bits per heavy atom. The van der Waals surface area contributed by atoms with Gasteiger partial charge in [0.25, 0.3) is 0 Å². The largest absolute Gasteiger partial charge is 0.388 e. The Labute approximate surface area is 111 Å². The minimum absolute atomic E-state index is 0.0669. The lowest BCUT2D eigenvalue weighted by Gasteiger charge is -2.29. The van der Waals surface area contributed by atoms with Gasteiger partial charge >= 0.3 is 0 Å². The van der Waals surface area contributed by atoms with Crippen LogP contribution in [0, 0.1) is 0 Å². The predicted octanol–water partition coefficient (Wildman–Crippen LogP) is -0.563. The highest BCUT2D eigenvalue weighted by Gasteiger charge is 2.37. The fourth-order valence-electron chi connectivity index (χ4n) is 2.86. The van der Waals surface area contributed by atoms with Crippen LogP contribution in [0.4, 0.5) is 0 Å². The SMILES string of the molecule is O=C(C1NCCc2ccccc21)N1CC(O)C(O)C1. The molecule has 1 fully saturated rings. The van der Waals surface area contributed by atoms with Crippen LogP contribution < -0.4 is 5.32 Å². The van der Waals surface area contributed by atoms with Crippen molar-refractivity contribution in [2.24, 2.45) is 0 Å². The van der Waals surface area contributed by atoms with Crippen LogP contribution in [0.2, 0.25) is 0 Å². The molecule has 0 radical (unpaired) electrons. The highest BCUT2D eigenvalue weighted by molar-refractivity contribution is 5.84. The summed E-state index contributed by atoms with van der Waals surface area (Å²) in [6.45, 7) is 1.19. The average Bonchev–Trinajstić information content (AvgIpc) is 2.77. The van der Waals surface area contributed by atoms with Crippen molar-refractivity contribution in [2.75, 3.05) is 19.6 Å². The Hall–Kier alpha value is -1.43. The van der Waals surface area contributed by atoms with Gasteiger partial charge in [0.1, 0.15) is 6.04 Å². The number of nitrogens with zero attached hydrogens (tertiary/aromatic N) is 1. The third-order valence-corrected chi connectivity index (χ3v) is 3.93. The molecule has 5 nitrogen and oxygen atoms in total. The predicted molar refractivity (Wildman–Crippen MR) is 69.5 cm³/mol. The fraction of sp³-hybridized carbons (Fsp3) is 0.500. The number of fused-ring (bicyclic) bond motifs is 1. The molecule has 0 aromatic heterocycles. The number of hydrogen-bond acceptors (Lipinski definition) is 4. The highest BCUT2D eigenvalue weighted by Crippen LogP contribution is 2.25. The molecule has 1 saturated heterocycles. The second-order valence-electron chi connectivity index (χ2n) is 5.21. The summed E-state index contributed by atoms with van der Waals surface area (Å²) in [6, 6.07) is 7.56. The quantitative estimate of drug-likeness (QED) is 0.634. The fourth-order valence-corrected chi connectivity index (χ4v) is 2.86. The van der Waals surface area contributed by atoms with Crippen molar-refractivity contribution in [2.45, 2.75) is 24.7 Å². The first-order valence-electron chi connectivity index (χ1n) is 6.63. The van der Waals surface area contributed by atoms with Crippen LogP contribution in [0.15, 0.2) is 24.3 Å². The van der Waals surface area contributed by atoms with E-state index in [2.05, 4.69) is 5.32 Å². The lowest BCUT2D eigenvalue weighted by atomic mass is 9.93. The number of β-amino-alcohol motifs (C(OH)–C–C–N with tert-alkyl or cyclic N) is 2. The molecular weight excluding hydrogens is 244 g/mol. The van der Waals surface area contributed by atoms with Crippen molar-refractivity contribution in [3.05, 3.63) is 35.4 Å². The van der Waals surface area contributed by atoms with Crippen LogP contribution in [0.25, 0.3) is 0 Å². The standard InChI is InChI=1S/C14H18N2O3/c17-11-7-16(8-12(11)18)14(19)13-10-4-2-1-3-9(10)5-6-15-13/h1-4,11-13,15,17-18H,5-8H2. The summed E-state index contributed by atoms with van der Waals surface area (Å²) in [7, 11) is 0. The van der Waals surface area contributed by atoms with E-state index in [1.165, 1.54) is 10.5 Å². The van der Waals surface area contributed by atoms with Crippen LogP contribution in [0.1, 0.15) is 17.2 Å². The van der Waals surface area contributed by atoms with Gasteiger partial charge < -0.3 is 20.4 Å². The monoisotopic (exact) mass is 262 g/mol. The Bertz CT molecular complexity index is 481. The Morgan fingerprint density at radius 1 is 1.21 bits per heavy atom. The maximum atomic E-state index is 12.5. The summed E-state index contributed by atoms with van der Waals surface area (Å²) in [5, 5.41) is 22.3. The molecule has 2 aliphatic heterocycles. The zero-order valence-electron chi connectivity index (χ0n) is 10.6. The van der Waals surface area contributed by atoms with Crippen LogP contribution in [-0.4, -0.2) is 52.9 Å². The first kappa shape index (κ1) is 12.6. The van der Waals surface area contributed by atoms with Crippen molar-refractivity contribution in [3.8, 4) is 0 Å². The molecule has 2 heterocycles. The molecule has 3 unspecified atom stereocenters. The molecule has 102 valence electrons. The van der Waals surface area contributed by atoms with Gasteiger partial charge in [0.05, 0.1) is 12.2 Å². The maximum absolute atomic E-state index is 12.5. The molecule has 19 heavy (non-hydrogen) atoms. The highest BCUT2D eigenvalue weighted by atomic mass is 16.3.